The van der Waals surface area contributed by atoms with Crippen molar-refractivity contribution in [2.75, 3.05) is 5.32 Å². The minimum absolute atomic E-state index is 0.189. The van der Waals surface area contributed by atoms with Gasteiger partial charge in [0, 0.05) is 33.9 Å². The Morgan fingerprint density at radius 3 is 2.62 bits per heavy atom. The molecule has 3 aromatic rings. The number of aromatic amines is 1. The van der Waals surface area contributed by atoms with Crippen LogP contribution >= 0.6 is 0 Å². The molecule has 0 bridgehead atoms. The van der Waals surface area contributed by atoms with Crippen LogP contribution in [0.2, 0.25) is 0 Å². The minimum atomic E-state index is -0.189. The summed E-state index contributed by atoms with van der Waals surface area (Å²) in [4.78, 5) is 15.5. The van der Waals surface area contributed by atoms with Crippen LogP contribution in [0.1, 0.15) is 11.1 Å². The lowest BCUT2D eigenvalue weighted by atomic mass is 10.0. The molecule has 0 spiro atoms. The summed E-state index contributed by atoms with van der Waals surface area (Å²) in [7, 11) is 0. The predicted octanol–water partition coefficient (Wildman–Crippen LogP) is 4.13. The molecule has 1 aromatic heterocycles. The molecule has 3 rings (SSSR count). The highest BCUT2D eigenvalue weighted by Gasteiger charge is 2.15. The van der Waals surface area contributed by atoms with Crippen molar-refractivity contribution in [2.24, 2.45) is 0 Å². The molecule has 1 amide bonds. The molecule has 0 aliphatic carbocycles. The lowest BCUT2D eigenvalue weighted by molar-refractivity contribution is -0.111. The van der Waals surface area contributed by atoms with E-state index in [1.165, 1.54) is 0 Å². The van der Waals surface area contributed by atoms with E-state index in [1.54, 1.807) is 0 Å². The first-order valence-electron chi connectivity index (χ1n) is 6.79. The van der Waals surface area contributed by atoms with Crippen molar-refractivity contribution in [1.29, 1.82) is 0 Å². The zero-order valence-corrected chi connectivity index (χ0v) is 11.8. The number of rotatable bonds is 3. The van der Waals surface area contributed by atoms with E-state index in [2.05, 4.69) is 16.9 Å². The average Bonchev–Trinajstić information content (AvgIpc) is 2.93. The second-order valence-electron chi connectivity index (χ2n) is 5.00. The number of nitrogens with one attached hydrogen (secondary N) is 2. The van der Waals surface area contributed by atoms with Gasteiger partial charge in [-0.15, -0.1) is 0 Å². The van der Waals surface area contributed by atoms with E-state index >= 15 is 0 Å². The summed E-state index contributed by atoms with van der Waals surface area (Å²) in [6.07, 6.45) is 1.84. The van der Waals surface area contributed by atoms with Gasteiger partial charge in [0.15, 0.2) is 0 Å². The molecule has 2 aromatic carbocycles. The maximum absolute atomic E-state index is 12.3. The van der Waals surface area contributed by atoms with Crippen molar-refractivity contribution in [3.8, 4) is 0 Å². The first-order chi connectivity index (χ1) is 10.2. The molecule has 21 heavy (non-hydrogen) atoms. The van der Waals surface area contributed by atoms with E-state index in [-0.39, 0.29) is 5.91 Å². The normalized spacial score (nSPS) is 10.5. The summed E-state index contributed by atoms with van der Waals surface area (Å²) in [5.74, 6) is -0.189. The summed E-state index contributed by atoms with van der Waals surface area (Å²) < 4.78 is 0. The largest absolute Gasteiger partial charge is 0.361 e. The molecule has 0 aliphatic rings. The SMILES string of the molecule is C=C(C(=O)Nc1ccccc1)c1c[nH]c2cccc(C)c12. The van der Waals surface area contributed by atoms with E-state index in [0.717, 1.165) is 27.7 Å². The standard InChI is InChI=1S/C18H16N2O/c1-12-7-6-10-16-17(12)15(11-19-16)13(2)18(21)20-14-8-4-3-5-9-14/h3-11,19H,2H2,1H3,(H,20,21). The summed E-state index contributed by atoms with van der Waals surface area (Å²) in [5, 5.41) is 3.91. The second-order valence-corrected chi connectivity index (χ2v) is 5.00. The van der Waals surface area contributed by atoms with Crippen LogP contribution in [-0.4, -0.2) is 10.9 Å². The van der Waals surface area contributed by atoms with Gasteiger partial charge >= 0.3 is 0 Å². The second kappa shape index (κ2) is 5.29. The molecule has 0 atom stereocenters. The highest BCUT2D eigenvalue weighted by molar-refractivity contribution is 6.27. The van der Waals surface area contributed by atoms with Crippen LogP contribution in [0.15, 0.2) is 61.3 Å². The molecule has 0 radical (unpaired) electrons. The van der Waals surface area contributed by atoms with Crippen LogP contribution in [0.4, 0.5) is 5.69 Å². The Hall–Kier alpha value is -2.81. The molecule has 0 unspecified atom stereocenters. The van der Waals surface area contributed by atoms with Crippen LogP contribution < -0.4 is 5.32 Å². The Morgan fingerprint density at radius 1 is 1.10 bits per heavy atom. The highest BCUT2D eigenvalue weighted by Crippen LogP contribution is 2.27. The third kappa shape index (κ3) is 2.46. The quantitative estimate of drug-likeness (QED) is 0.694. The molecule has 1 heterocycles. The lowest BCUT2D eigenvalue weighted by Gasteiger charge is -2.08. The maximum Gasteiger partial charge on any atom is 0.255 e. The van der Waals surface area contributed by atoms with Gasteiger partial charge in [0.2, 0.25) is 0 Å². The van der Waals surface area contributed by atoms with Crippen LogP contribution in [0.3, 0.4) is 0 Å². The molecule has 0 saturated heterocycles. The fourth-order valence-electron chi connectivity index (χ4n) is 2.46. The fourth-order valence-corrected chi connectivity index (χ4v) is 2.46. The van der Waals surface area contributed by atoms with E-state index < -0.39 is 0 Å². The monoisotopic (exact) mass is 276 g/mol. The van der Waals surface area contributed by atoms with E-state index in [1.807, 2.05) is 61.7 Å². The van der Waals surface area contributed by atoms with Gasteiger partial charge in [0.05, 0.1) is 0 Å². The van der Waals surface area contributed by atoms with Crippen molar-refractivity contribution in [1.82, 2.24) is 4.98 Å². The minimum Gasteiger partial charge on any atom is -0.361 e. The van der Waals surface area contributed by atoms with Gasteiger partial charge in [-0.25, -0.2) is 0 Å². The van der Waals surface area contributed by atoms with Crippen molar-refractivity contribution < 1.29 is 4.79 Å². The molecular formula is C18H16N2O. The lowest BCUT2D eigenvalue weighted by Crippen LogP contribution is -2.12. The van der Waals surface area contributed by atoms with E-state index in [4.69, 9.17) is 0 Å². The fraction of sp³-hybridized carbons (Fsp3) is 0.0556. The summed E-state index contributed by atoms with van der Waals surface area (Å²) in [5.41, 5.74) is 4.20. The van der Waals surface area contributed by atoms with Crippen molar-refractivity contribution in [2.45, 2.75) is 6.92 Å². The van der Waals surface area contributed by atoms with Gasteiger partial charge in [-0.05, 0) is 30.7 Å². The predicted molar refractivity (Wildman–Crippen MR) is 87.1 cm³/mol. The summed E-state index contributed by atoms with van der Waals surface area (Å²) >= 11 is 0. The number of carbonyl (C=O) groups is 1. The highest BCUT2D eigenvalue weighted by atomic mass is 16.1. The number of para-hydroxylation sites is 1. The van der Waals surface area contributed by atoms with Gasteiger partial charge in [0.25, 0.3) is 5.91 Å². The molecule has 0 aliphatic heterocycles. The number of anilines is 1. The number of carbonyl (C=O) groups excluding carboxylic acids is 1. The Labute approximate surface area is 123 Å². The number of aromatic nitrogens is 1. The van der Waals surface area contributed by atoms with Gasteiger partial charge in [0.1, 0.15) is 0 Å². The Balaban J connectivity index is 1.92. The number of amides is 1. The van der Waals surface area contributed by atoms with Gasteiger partial charge in [-0.2, -0.15) is 0 Å². The van der Waals surface area contributed by atoms with Crippen molar-refractivity contribution >= 4 is 28.1 Å². The topological polar surface area (TPSA) is 44.9 Å². The first kappa shape index (κ1) is 13.2. The molecule has 3 nitrogen and oxygen atoms in total. The number of hydrogen-bond acceptors (Lipinski definition) is 1. The summed E-state index contributed by atoms with van der Waals surface area (Å²) in [6, 6.07) is 15.4. The van der Waals surface area contributed by atoms with Crippen LogP contribution in [0.25, 0.3) is 16.5 Å². The number of hydrogen-bond donors (Lipinski definition) is 2. The summed E-state index contributed by atoms with van der Waals surface area (Å²) in [6.45, 7) is 5.98. The Morgan fingerprint density at radius 2 is 1.86 bits per heavy atom. The molecule has 104 valence electrons. The van der Waals surface area contributed by atoms with Crippen LogP contribution in [-0.2, 0) is 4.79 Å². The number of benzene rings is 2. The number of aryl methyl sites for hydroxylation is 1. The van der Waals surface area contributed by atoms with Crippen LogP contribution in [0.5, 0.6) is 0 Å². The number of H-pyrrole nitrogens is 1. The molecule has 0 saturated carbocycles. The number of fused-ring (bicyclic) bond motifs is 1. The maximum atomic E-state index is 12.3. The average molecular weight is 276 g/mol. The van der Waals surface area contributed by atoms with E-state index in [0.29, 0.717) is 5.57 Å². The third-order valence-corrected chi connectivity index (χ3v) is 3.55. The molecular weight excluding hydrogens is 260 g/mol. The van der Waals surface area contributed by atoms with Crippen molar-refractivity contribution in [3.63, 3.8) is 0 Å². The van der Waals surface area contributed by atoms with Crippen molar-refractivity contribution in [3.05, 3.63) is 72.4 Å². The molecule has 3 heteroatoms. The zero-order chi connectivity index (χ0) is 14.8. The molecule has 0 fully saturated rings. The molecule has 2 N–H and O–H groups in total. The van der Waals surface area contributed by atoms with Gasteiger partial charge < -0.3 is 10.3 Å². The third-order valence-electron chi connectivity index (χ3n) is 3.55. The van der Waals surface area contributed by atoms with Gasteiger partial charge in [-0.3, -0.25) is 4.79 Å². The zero-order valence-electron chi connectivity index (χ0n) is 11.8. The van der Waals surface area contributed by atoms with Gasteiger partial charge in [-0.1, -0.05) is 36.9 Å². The van der Waals surface area contributed by atoms with Crippen LogP contribution in [0, 0.1) is 6.92 Å². The Kier molecular flexibility index (Phi) is 3.32. The Bertz CT molecular complexity index is 816. The van der Waals surface area contributed by atoms with E-state index in [9.17, 15) is 4.79 Å². The smallest absolute Gasteiger partial charge is 0.255 e. The first-order valence-corrected chi connectivity index (χ1v) is 6.79.